The first-order chi connectivity index (χ1) is 10.1. The molecular formula is C16H13ClF2N2. The highest BCUT2D eigenvalue weighted by Gasteiger charge is 2.13. The quantitative estimate of drug-likeness (QED) is 0.655. The largest absolute Gasteiger partial charge is 0.322 e. The third kappa shape index (κ3) is 2.63. The Morgan fingerprint density at radius 1 is 1.14 bits per heavy atom. The molecule has 0 radical (unpaired) electrons. The first-order valence-corrected chi connectivity index (χ1v) is 7.07. The first-order valence-electron chi connectivity index (χ1n) is 6.54. The van der Waals surface area contributed by atoms with E-state index in [1.54, 1.807) is 0 Å². The van der Waals surface area contributed by atoms with E-state index in [1.165, 1.54) is 6.07 Å². The van der Waals surface area contributed by atoms with Crippen LogP contribution in [0.15, 0.2) is 36.4 Å². The van der Waals surface area contributed by atoms with Crippen molar-refractivity contribution in [1.29, 1.82) is 0 Å². The average molecular weight is 307 g/mol. The Bertz CT molecular complexity index is 811. The molecule has 0 unspecified atom stereocenters. The van der Waals surface area contributed by atoms with Gasteiger partial charge in [-0.05, 0) is 42.8 Å². The van der Waals surface area contributed by atoms with E-state index in [0.717, 1.165) is 28.7 Å². The molecule has 108 valence electrons. The van der Waals surface area contributed by atoms with Gasteiger partial charge in [0.05, 0.1) is 23.5 Å². The topological polar surface area (TPSA) is 17.8 Å². The van der Waals surface area contributed by atoms with Gasteiger partial charge in [0.25, 0.3) is 0 Å². The summed E-state index contributed by atoms with van der Waals surface area (Å²) in [6.45, 7) is 2.18. The number of alkyl halides is 1. The molecule has 0 atom stereocenters. The van der Waals surface area contributed by atoms with Gasteiger partial charge >= 0.3 is 0 Å². The van der Waals surface area contributed by atoms with Crippen LogP contribution < -0.4 is 0 Å². The fourth-order valence-corrected chi connectivity index (χ4v) is 2.61. The number of rotatable bonds is 3. The molecular weight excluding hydrogens is 294 g/mol. The van der Waals surface area contributed by atoms with Gasteiger partial charge in [0.15, 0.2) is 0 Å². The van der Waals surface area contributed by atoms with Gasteiger partial charge in [-0.25, -0.2) is 13.8 Å². The Kier molecular flexibility index (Phi) is 3.64. The van der Waals surface area contributed by atoms with Crippen molar-refractivity contribution in [2.45, 2.75) is 19.3 Å². The molecule has 0 aliphatic heterocycles. The molecule has 0 aliphatic carbocycles. The Balaban J connectivity index is 2.13. The number of hydrogen-bond donors (Lipinski definition) is 0. The fraction of sp³-hybridized carbons (Fsp3) is 0.188. The molecule has 0 N–H and O–H groups in total. The van der Waals surface area contributed by atoms with Crippen molar-refractivity contribution in [3.05, 3.63) is 65.0 Å². The van der Waals surface area contributed by atoms with Gasteiger partial charge in [-0.15, -0.1) is 11.6 Å². The normalized spacial score (nSPS) is 11.2. The predicted octanol–water partition coefficient (Wildman–Crippen LogP) is 4.41. The van der Waals surface area contributed by atoms with Crippen LogP contribution in [0.25, 0.3) is 11.0 Å². The molecule has 1 aromatic heterocycles. The number of fused-ring (bicyclic) bond motifs is 1. The van der Waals surface area contributed by atoms with Crippen LogP contribution in [-0.4, -0.2) is 9.55 Å². The monoisotopic (exact) mass is 306 g/mol. The number of imidazole rings is 1. The smallest absolute Gasteiger partial charge is 0.128 e. The lowest BCUT2D eigenvalue weighted by Gasteiger charge is -2.09. The molecule has 0 saturated heterocycles. The lowest BCUT2D eigenvalue weighted by atomic mass is 10.2. The van der Waals surface area contributed by atoms with Crippen molar-refractivity contribution in [2.24, 2.45) is 0 Å². The van der Waals surface area contributed by atoms with E-state index in [4.69, 9.17) is 11.6 Å². The highest BCUT2D eigenvalue weighted by atomic mass is 35.5. The second-order valence-corrected chi connectivity index (χ2v) is 5.24. The number of aryl methyl sites for hydroxylation is 1. The maximum Gasteiger partial charge on any atom is 0.128 e. The summed E-state index contributed by atoms with van der Waals surface area (Å²) in [6.07, 6.45) is 0. The van der Waals surface area contributed by atoms with Crippen LogP contribution in [0.1, 0.15) is 17.0 Å². The summed E-state index contributed by atoms with van der Waals surface area (Å²) in [5, 5.41) is 0. The Morgan fingerprint density at radius 3 is 2.71 bits per heavy atom. The van der Waals surface area contributed by atoms with Crippen LogP contribution in [0, 0.1) is 18.6 Å². The second-order valence-electron chi connectivity index (χ2n) is 4.98. The molecule has 3 rings (SSSR count). The minimum atomic E-state index is -0.459. The summed E-state index contributed by atoms with van der Waals surface area (Å²) in [7, 11) is 0. The fourth-order valence-electron chi connectivity index (χ4n) is 2.40. The van der Waals surface area contributed by atoms with Crippen molar-refractivity contribution in [3.63, 3.8) is 0 Å². The van der Waals surface area contributed by atoms with Gasteiger partial charge in [0, 0.05) is 5.56 Å². The number of nitrogens with zero attached hydrogens (tertiary/aromatic N) is 2. The average Bonchev–Trinajstić information content (AvgIpc) is 2.80. The van der Waals surface area contributed by atoms with Crippen LogP contribution in [0.3, 0.4) is 0 Å². The molecule has 2 aromatic carbocycles. The molecule has 0 spiro atoms. The summed E-state index contributed by atoms with van der Waals surface area (Å²) in [5.74, 6) is -0.0455. The minimum Gasteiger partial charge on any atom is -0.322 e. The standard InChI is InChI=1S/C16H13ClF2N2/c1-10-2-5-15-14(6-10)20-16(8-17)21(15)9-11-7-12(18)3-4-13(11)19/h2-7H,8-9H2,1H3. The number of halogens is 3. The zero-order valence-corrected chi connectivity index (χ0v) is 12.2. The van der Waals surface area contributed by atoms with Gasteiger partial charge in [-0.3, -0.25) is 0 Å². The van der Waals surface area contributed by atoms with Crippen LogP contribution in [0.5, 0.6) is 0 Å². The molecule has 5 heteroatoms. The third-order valence-electron chi connectivity index (χ3n) is 3.44. The Hall–Kier alpha value is -1.94. The summed E-state index contributed by atoms with van der Waals surface area (Å²) < 4.78 is 29.0. The first kappa shape index (κ1) is 14.0. The Labute approximate surface area is 126 Å². The van der Waals surface area contributed by atoms with Crippen LogP contribution in [0.2, 0.25) is 0 Å². The minimum absolute atomic E-state index is 0.200. The van der Waals surface area contributed by atoms with Crippen LogP contribution in [-0.2, 0) is 12.4 Å². The predicted molar refractivity (Wildman–Crippen MR) is 79.5 cm³/mol. The van der Waals surface area contributed by atoms with E-state index in [2.05, 4.69) is 4.98 Å². The summed E-state index contributed by atoms with van der Waals surface area (Å²) in [5.41, 5.74) is 3.04. The van der Waals surface area contributed by atoms with E-state index >= 15 is 0 Å². The summed E-state index contributed by atoms with van der Waals surface area (Å²) in [4.78, 5) is 4.46. The maximum absolute atomic E-state index is 13.8. The van der Waals surface area contributed by atoms with Crippen molar-refractivity contribution in [3.8, 4) is 0 Å². The second kappa shape index (κ2) is 5.45. The molecule has 0 bridgehead atoms. The van der Waals surface area contributed by atoms with Gasteiger partial charge in [-0.2, -0.15) is 0 Å². The molecule has 0 amide bonds. The highest BCUT2D eigenvalue weighted by Crippen LogP contribution is 2.21. The van der Waals surface area contributed by atoms with E-state index in [0.29, 0.717) is 5.82 Å². The van der Waals surface area contributed by atoms with Gasteiger partial charge < -0.3 is 4.57 Å². The van der Waals surface area contributed by atoms with Crippen LogP contribution in [0.4, 0.5) is 8.78 Å². The number of aromatic nitrogens is 2. The third-order valence-corrected chi connectivity index (χ3v) is 3.68. The Morgan fingerprint density at radius 2 is 1.95 bits per heavy atom. The SMILES string of the molecule is Cc1ccc2c(c1)nc(CCl)n2Cc1cc(F)ccc1F. The lowest BCUT2D eigenvalue weighted by Crippen LogP contribution is -2.06. The number of hydrogen-bond acceptors (Lipinski definition) is 1. The van der Waals surface area contributed by atoms with Gasteiger partial charge in [-0.1, -0.05) is 6.07 Å². The number of benzene rings is 2. The maximum atomic E-state index is 13.8. The van der Waals surface area contributed by atoms with Crippen molar-refractivity contribution >= 4 is 22.6 Å². The van der Waals surface area contributed by atoms with Crippen LogP contribution >= 0.6 is 11.6 Å². The highest BCUT2D eigenvalue weighted by molar-refractivity contribution is 6.16. The van der Waals surface area contributed by atoms with E-state index < -0.39 is 11.6 Å². The van der Waals surface area contributed by atoms with Crippen molar-refractivity contribution < 1.29 is 8.78 Å². The van der Waals surface area contributed by atoms with Gasteiger partial charge in [0.2, 0.25) is 0 Å². The van der Waals surface area contributed by atoms with Crippen molar-refractivity contribution in [1.82, 2.24) is 9.55 Å². The van der Waals surface area contributed by atoms with E-state index in [-0.39, 0.29) is 18.0 Å². The zero-order valence-electron chi connectivity index (χ0n) is 11.4. The lowest BCUT2D eigenvalue weighted by molar-refractivity contribution is 0.577. The molecule has 3 aromatic rings. The molecule has 21 heavy (non-hydrogen) atoms. The molecule has 0 saturated carbocycles. The molecule has 1 heterocycles. The zero-order chi connectivity index (χ0) is 15.0. The van der Waals surface area contributed by atoms with Crippen molar-refractivity contribution in [2.75, 3.05) is 0 Å². The molecule has 2 nitrogen and oxygen atoms in total. The summed E-state index contributed by atoms with van der Waals surface area (Å²) >= 11 is 5.93. The molecule has 0 aliphatic rings. The van der Waals surface area contributed by atoms with Gasteiger partial charge in [0.1, 0.15) is 17.5 Å². The molecule has 0 fully saturated rings. The van der Waals surface area contributed by atoms with E-state index in [1.807, 2.05) is 29.7 Å². The summed E-state index contributed by atoms with van der Waals surface area (Å²) in [6, 6.07) is 9.27. The van der Waals surface area contributed by atoms with E-state index in [9.17, 15) is 8.78 Å².